The molecule has 1 aromatic carbocycles. The Balaban J connectivity index is 1.81. The van der Waals surface area contributed by atoms with E-state index in [1.165, 1.54) is 12.1 Å². The van der Waals surface area contributed by atoms with Gasteiger partial charge in [0.05, 0.1) is 4.90 Å². The molecule has 1 atom stereocenters. The molecule has 3 aliphatic rings. The van der Waals surface area contributed by atoms with Gasteiger partial charge in [-0.1, -0.05) is 0 Å². The van der Waals surface area contributed by atoms with Crippen LogP contribution in [0.5, 0.6) is 0 Å². The maximum Gasteiger partial charge on any atom is 0.240 e. The van der Waals surface area contributed by atoms with Crippen LogP contribution in [0.1, 0.15) is 18.4 Å². The first-order valence-corrected chi connectivity index (χ1v) is 8.71. The molecular formula is C14H20FN3O2S. The van der Waals surface area contributed by atoms with Crippen molar-refractivity contribution < 1.29 is 12.8 Å². The zero-order chi connectivity index (χ0) is 15.0. The van der Waals surface area contributed by atoms with Crippen LogP contribution in [0.4, 0.5) is 4.39 Å². The molecule has 3 heterocycles. The predicted molar refractivity (Wildman–Crippen MR) is 77.6 cm³/mol. The Morgan fingerprint density at radius 1 is 1.33 bits per heavy atom. The summed E-state index contributed by atoms with van der Waals surface area (Å²) in [4.78, 5) is 2.36. The normalized spacial score (nSPS) is 28.8. The van der Waals surface area contributed by atoms with Gasteiger partial charge in [-0.3, -0.25) is 0 Å². The zero-order valence-corrected chi connectivity index (χ0v) is 12.6. The van der Waals surface area contributed by atoms with E-state index in [0.29, 0.717) is 5.92 Å². The number of nitrogens with one attached hydrogen (secondary N) is 1. The van der Waals surface area contributed by atoms with Gasteiger partial charge in [-0.15, -0.1) is 0 Å². The Morgan fingerprint density at radius 2 is 2.05 bits per heavy atom. The van der Waals surface area contributed by atoms with Gasteiger partial charge in [0.25, 0.3) is 0 Å². The van der Waals surface area contributed by atoms with E-state index in [1.54, 1.807) is 0 Å². The van der Waals surface area contributed by atoms with E-state index in [2.05, 4.69) is 9.62 Å². The Bertz CT molecular complexity index is 627. The first-order chi connectivity index (χ1) is 9.99. The summed E-state index contributed by atoms with van der Waals surface area (Å²) < 4.78 is 41.1. The Labute approximate surface area is 124 Å². The van der Waals surface area contributed by atoms with Gasteiger partial charge in [-0.2, -0.15) is 0 Å². The van der Waals surface area contributed by atoms with Gasteiger partial charge in [0.2, 0.25) is 10.0 Å². The Hall–Kier alpha value is -1.02. The van der Waals surface area contributed by atoms with E-state index in [0.717, 1.165) is 38.5 Å². The van der Waals surface area contributed by atoms with Crippen molar-refractivity contribution in [1.82, 2.24) is 9.62 Å². The van der Waals surface area contributed by atoms with E-state index < -0.39 is 15.8 Å². The molecule has 0 aliphatic carbocycles. The highest BCUT2D eigenvalue weighted by Gasteiger charge is 2.36. The summed E-state index contributed by atoms with van der Waals surface area (Å²) in [6.45, 7) is 2.84. The predicted octanol–water partition coefficient (Wildman–Crippen LogP) is 0.657. The van der Waals surface area contributed by atoms with Crippen LogP contribution in [0, 0.1) is 11.7 Å². The van der Waals surface area contributed by atoms with Gasteiger partial charge in [0, 0.05) is 24.7 Å². The van der Waals surface area contributed by atoms with Crippen molar-refractivity contribution in [3.8, 4) is 0 Å². The molecule has 0 radical (unpaired) electrons. The molecule has 0 amide bonds. The minimum absolute atomic E-state index is 0.0188. The highest BCUT2D eigenvalue weighted by Crippen LogP contribution is 2.28. The SMILES string of the molecule is NCc1cc(S(=O)(=O)NC2CN3CCC2CC3)ccc1F. The molecule has 1 aromatic rings. The van der Waals surface area contributed by atoms with Gasteiger partial charge in [0.15, 0.2) is 0 Å². The lowest BCUT2D eigenvalue weighted by Gasteiger charge is -2.44. The second kappa shape index (κ2) is 5.64. The average molecular weight is 313 g/mol. The molecule has 4 rings (SSSR count). The Morgan fingerprint density at radius 3 is 2.62 bits per heavy atom. The van der Waals surface area contributed by atoms with Crippen molar-refractivity contribution in [3.63, 3.8) is 0 Å². The van der Waals surface area contributed by atoms with E-state index in [-0.39, 0.29) is 23.0 Å². The lowest BCUT2D eigenvalue weighted by atomic mass is 9.85. The van der Waals surface area contributed by atoms with Crippen LogP contribution in [0.2, 0.25) is 0 Å². The molecule has 3 N–H and O–H groups in total. The summed E-state index contributed by atoms with van der Waals surface area (Å²) in [5.41, 5.74) is 5.65. The summed E-state index contributed by atoms with van der Waals surface area (Å²) in [7, 11) is -3.63. The number of piperidine rings is 3. The number of hydrogen-bond donors (Lipinski definition) is 2. The van der Waals surface area contributed by atoms with Crippen molar-refractivity contribution in [3.05, 3.63) is 29.6 Å². The van der Waals surface area contributed by atoms with E-state index in [9.17, 15) is 12.8 Å². The molecule has 7 heteroatoms. The monoisotopic (exact) mass is 313 g/mol. The van der Waals surface area contributed by atoms with Gasteiger partial charge >= 0.3 is 0 Å². The quantitative estimate of drug-likeness (QED) is 0.856. The van der Waals surface area contributed by atoms with Gasteiger partial charge in [-0.05, 0) is 50.0 Å². The number of rotatable bonds is 4. The molecule has 3 fully saturated rings. The third-order valence-electron chi connectivity index (χ3n) is 4.51. The highest BCUT2D eigenvalue weighted by atomic mass is 32.2. The smallest absolute Gasteiger partial charge is 0.240 e. The fraction of sp³-hybridized carbons (Fsp3) is 0.571. The van der Waals surface area contributed by atoms with Crippen molar-refractivity contribution >= 4 is 10.0 Å². The van der Waals surface area contributed by atoms with E-state index in [1.807, 2.05) is 0 Å². The largest absolute Gasteiger partial charge is 0.326 e. The molecular weight excluding hydrogens is 293 g/mol. The number of sulfonamides is 1. The Kier molecular flexibility index (Phi) is 4.00. The molecule has 3 aliphatic heterocycles. The highest BCUT2D eigenvalue weighted by molar-refractivity contribution is 7.89. The molecule has 0 aromatic heterocycles. The van der Waals surface area contributed by atoms with Gasteiger partial charge < -0.3 is 10.6 Å². The van der Waals surface area contributed by atoms with Crippen LogP contribution in [0.25, 0.3) is 0 Å². The zero-order valence-electron chi connectivity index (χ0n) is 11.8. The molecule has 0 spiro atoms. The molecule has 2 bridgehead atoms. The number of hydrogen-bond acceptors (Lipinski definition) is 4. The van der Waals surface area contributed by atoms with Crippen LogP contribution in [0.15, 0.2) is 23.1 Å². The van der Waals surface area contributed by atoms with Gasteiger partial charge in [0.1, 0.15) is 5.82 Å². The van der Waals surface area contributed by atoms with Crippen molar-refractivity contribution in [2.45, 2.75) is 30.3 Å². The van der Waals surface area contributed by atoms with Crippen LogP contribution >= 0.6 is 0 Å². The maximum atomic E-state index is 13.4. The summed E-state index contributed by atoms with van der Waals surface area (Å²) in [5.74, 6) is -0.0708. The van der Waals surface area contributed by atoms with Crippen LogP contribution < -0.4 is 10.5 Å². The van der Waals surface area contributed by atoms with Crippen molar-refractivity contribution in [2.75, 3.05) is 19.6 Å². The van der Waals surface area contributed by atoms with Crippen molar-refractivity contribution in [2.24, 2.45) is 11.7 Å². The molecule has 21 heavy (non-hydrogen) atoms. The van der Waals surface area contributed by atoms with Crippen molar-refractivity contribution in [1.29, 1.82) is 0 Å². The molecule has 5 nitrogen and oxygen atoms in total. The second-order valence-corrected chi connectivity index (χ2v) is 7.54. The number of nitrogens with two attached hydrogens (primary N) is 1. The molecule has 0 saturated carbocycles. The minimum atomic E-state index is -3.63. The van der Waals surface area contributed by atoms with Crippen LogP contribution in [0.3, 0.4) is 0 Å². The number of fused-ring (bicyclic) bond motifs is 3. The van der Waals surface area contributed by atoms with E-state index >= 15 is 0 Å². The fourth-order valence-electron chi connectivity index (χ4n) is 3.24. The van der Waals surface area contributed by atoms with E-state index in [4.69, 9.17) is 5.73 Å². The lowest BCUT2D eigenvalue weighted by Crippen LogP contribution is -2.57. The maximum absolute atomic E-state index is 13.4. The average Bonchev–Trinajstić information content (AvgIpc) is 2.48. The summed E-state index contributed by atoms with van der Waals surface area (Å²) in [6.07, 6.45) is 2.06. The fourth-order valence-corrected chi connectivity index (χ4v) is 4.59. The summed E-state index contributed by atoms with van der Waals surface area (Å²) in [6, 6.07) is 3.72. The molecule has 3 saturated heterocycles. The molecule has 116 valence electrons. The minimum Gasteiger partial charge on any atom is -0.326 e. The number of nitrogens with zero attached hydrogens (tertiary/aromatic N) is 1. The van der Waals surface area contributed by atoms with Gasteiger partial charge in [-0.25, -0.2) is 17.5 Å². The standard InChI is InChI=1S/C14H20FN3O2S/c15-13-2-1-12(7-11(13)8-16)21(19,20)17-14-9-18-5-3-10(14)4-6-18/h1-2,7,10,14,17H,3-6,8-9,16H2. The summed E-state index contributed by atoms with van der Waals surface area (Å²) >= 11 is 0. The molecule has 1 unspecified atom stereocenters. The lowest BCUT2D eigenvalue weighted by molar-refractivity contribution is 0.0827. The topological polar surface area (TPSA) is 75.4 Å². The third-order valence-corrected chi connectivity index (χ3v) is 6.00. The first-order valence-electron chi connectivity index (χ1n) is 7.23. The van der Waals surface area contributed by atoms with Crippen LogP contribution in [-0.2, 0) is 16.6 Å². The first kappa shape index (κ1) is 14.9. The second-order valence-electron chi connectivity index (χ2n) is 5.82. The third kappa shape index (κ3) is 2.96. The van der Waals surface area contributed by atoms with Crippen LogP contribution in [-0.4, -0.2) is 39.0 Å². The summed E-state index contributed by atoms with van der Waals surface area (Å²) in [5, 5.41) is 0. The number of halogens is 1. The number of benzene rings is 1.